The van der Waals surface area contributed by atoms with Gasteiger partial charge in [0.1, 0.15) is 6.54 Å². The van der Waals surface area contributed by atoms with E-state index >= 15 is 0 Å². The van der Waals surface area contributed by atoms with Gasteiger partial charge in [-0.1, -0.05) is 12.1 Å². The van der Waals surface area contributed by atoms with Crippen LogP contribution in [0, 0.1) is 13.8 Å². The van der Waals surface area contributed by atoms with Crippen molar-refractivity contribution in [1.82, 2.24) is 14.9 Å². The summed E-state index contributed by atoms with van der Waals surface area (Å²) in [5, 5.41) is 0. The molecular formula is C20H25N5O2. The summed E-state index contributed by atoms with van der Waals surface area (Å²) in [5.41, 5.74) is 2.92. The van der Waals surface area contributed by atoms with Crippen molar-refractivity contribution in [3.8, 4) is 0 Å². The molecule has 7 nitrogen and oxygen atoms in total. The number of hydrogen-bond donors (Lipinski definition) is 0. The van der Waals surface area contributed by atoms with Gasteiger partial charge in [0.05, 0.1) is 0 Å². The van der Waals surface area contributed by atoms with Gasteiger partial charge in [-0.05, 0) is 37.1 Å². The highest BCUT2D eigenvalue weighted by Crippen LogP contribution is 2.23. The molecule has 2 aromatic rings. The third-order valence-corrected chi connectivity index (χ3v) is 5.01. The highest BCUT2D eigenvalue weighted by atomic mass is 16.2. The first kappa shape index (κ1) is 18.8. The lowest BCUT2D eigenvalue weighted by Gasteiger charge is -2.35. The lowest BCUT2D eigenvalue weighted by molar-refractivity contribution is -0.131. The second-order valence-electron chi connectivity index (χ2n) is 6.74. The van der Waals surface area contributed by atoms with E-state index in [9.17, 15) is 9.59 Å². The number of carbonyl (C=O) groups excluding carboxylic acids is 2. The Bertz CT molecular complexity index is 816. The van der Waals surface area contributed by atoms with Crippen LogP contribution < -0.4 is 9.80 Å². The quantitative estimate of drug-likeness (QED) is 0.824. The van der Waals surface area contributed by atoms with Crippen molar-refractivity contribution in [2.75, 3.05) is 42.5 Å². The van der Waals surface area contributed by atoms with Crippen LogP contribution in [0.2, 0.25) is 0 Å². The van der Waals surface area contributed by atoms with E-state index in [0.29, 0.717) is 32.1 Å². The molecule has 1 aromatic carbocycles. The van der Waals surface area contributed by atoms with Crippen LogP contribution in [0.15, 0.2) is 36.7 Å². The molecule has 3 rings (SSSR count). The van der Waals surface area contributed by atoms with Crippen LogP contribution in [0.1, 0.15) is 18.1 Å². The Balaban J connectivity index is 1.65. The zero-order valence-corrected chi connectivity index (χ0v) is 16.1. The van der Waals surface area contributed by atoms with Gasteiger partial charge >= 0.3 is 0 Å². The first-order valence-electron chi connectivity index (χ1n) is 9.11. The average molecular weight is 367 g/mol. The van der Waals surface area contributed by atoms with Gasteiger partial charge in [-0.25, -0.2) is 9.97 Å². The third-order valence-electron chi connectivity index (χ3n) is 5.01. The Morgan fingerprint density at radius 3 is 2.33 bits per heavy atom. The molecular weight excluding hydrogens is 342 g/mol. The summed E-state index contributed by atoms with van der Waals surface area (Å²) in [7, 11) is 0. The molecule has 2 amide bonds. The molecule has 2 heterocycles. The van der Waals surface area contributed by atoms with Crippen molar-refractivity contribution in [3.63, 3.8) is 0 Å². The van der Waals surface area contributed by atoms with Crippen molar-refractivity contribution >= 4 is 23.5 Å². The molecule has 1 aliphatic heterocycles. The van der Waals surface area contributed by atoms with Gasteiger partial charge in [0, 0.05) is 51.2 Å². The molecule has 0 N–H and O–H groups in total. The van der Waals surface area contributed by atoms with Crippen LogP contribution in [0.3, 0.4) is 0 Å². The number of nitrogens with zero attached hydrogens (tertiary/aromatic N) is 5. The van der Waals surface area contributed by atoms with Crippen molar-refractivity contribution in [1.29, 1.82) is 0 Å². The highest BCUT2D eigenvalue weighted by molar-refractivity contribution is 5.98. The Labute approximate surface area is 159 Å². The van der Waals surface area contributed by atoms with Gasteiger partial charge in [0.25, 0.3) is 0 Å². The van der Waals surface area contributed by atoms with E-state index in [1.807, 2.05) is 32.0 Å². The second kappa shape index (κ2) is 8.16. The van der Waals surface area contributed by atoms with Crippen LogP contribution >= 0.6 is 0 Å². The fraction of sp³-hybridized carbons (Fsp3) is 0.400. The second-order valence-corrected chi connectivity index (χ2v) is 6.74. The van der Waals surface area contributed by atoms with E-state index in [4.69, 9.17) is 0 Å². The van der Waals surface area contributed by atoms with E-state index in [0.717, 1.165) is 16.8 Å². The summed E-state index contributed by atoms with van der Waals surface area (Å²) < 4.78 is 0. The number of aromatic nitrogens is 2. The monoisotopic (exact) mass is 367 g/mol. The maximum atomic E-state index is 12.8. The SMILES string of the molecule is CC(=O)N(CC(=O)N1CCN(c2ncccn2)CC1)c1cccc(C)c1C. The largest absolute Gasteiger partial charge is 0.338 e. The van der Waals surface area contributed by atoms with Gasteiger partial charge < -0.3 is 14.7 Å². The van der Waals surface area contributed by atoms with E-state index in [1.165, 1.54) is 6.92 Å². The maximum Gasteiger partial charge on any atom is 0.242 e. The average Bonchev–Trinajstić information content (AvgIpc) is 2.69. The predicted molar refractivity (Wildman–Crippen MR) is 105 cm³/mol. The fourth-order valence-electron chi connectivity index (χ4n) is 3.24. The van der Waals surface area contributed by atoms with Crippen LogP contribution in [-0.4, -0.2) is 59.4 Å². The molecule has 0 atom stereocenters. The topological polar surface area (TPSA) is 69.6 Å². The Morgan fingerprint density at radius 2 is 1.70 bits per heavy atom. The normalized spacial score (nSPS) is 14.2. The predicted octanol–water partition coefficient (Wildman–Crippen LogP) is 1.80. The van der Waals surface area contributed by atoms with Gasteiger partial charge in [-0.15, -0.1) is 0 Å². The molecule has 7 heteroatoms. The summed E-state index contributed by atoms with van der Waals surface area (Å²) in [6.07, 6.45) is 3.43. The fourth-order valence-corrected chi connectivity index (χ4v) is 3.24. The smallest absolute Gasteiger partial charge is 0.242 e. The Kier molecular flexibility index (Phi) is 5.69. The molecule has 0 spiro atoms. The molecule has 0 aliphatic carbocycles. The summed E-state index contributed by atoms with van der Waals surface area (Å²) >= 11 is 0. The maximum absolute atomic E-state index is 12.8. The lowest BCUT2D eigenvalue weighted by atomic mass is 10.1. The van der Waals surface area contributed by atoms with E-state index in [-0.39, 0.29) is 18.4 Å². The summed E-state index contributed by atoms with van der Waals surface area (Å²) in [6.45, 7) is 8.08. The zero-order chi connectivity index (χ0) is 19.4. The molecule has 1 fully saturated rings. The van der Waals surface area contributed by atoms with Crippen LogP contribution in [0.4, 0.5) is 11.6 Å². The first-order valence-corrected chi connectivity index (χ1v) is 9.11. The number of aryl methyl sites for hydroxylation is 1. The minimum absolute atomic E-state index is 0.0419. The van der Waals surface area contributed by atoms with E-state index in [1.54, 1.807) is 28.3 Å². The van der Waals surface area contributed by atoms with Crippen molar-refractivity contribution in [2.45, 2.75) is 20.8 Å². The molecule has 142 valence electrons. The summed E-state index contributed by atoms with van der Waals surface area (Å²) in [5.74, 6) is 0.512. The molecule has 0 saturated carbocycles. The number of anilines is 2. The Hall–Kier alpha value is -2.96. The molecule has 1 saturated heterocycles. The molecule has 27 heavy (non-hydrogen) atoms. The minimum atomic E-state index is -0.131. The zero-order valence-electron chi connectivity index (χ0n) is 16.1. The third kappa shape index (κ3) is 4.24. The number of carbonyl (C=O) groups is 2. The van der Waals surface area contributed by atoms with Crippen molar-refractivity contribution in [3.05, 3.63) is 47.8 Å². The van der Waals surface area contributed by atoms with Crippen LogP contribution in [-0.2, 0) is 9.59 Å². The molecule has 0 unspecified atom stereocenters. The lowest BCUT2D eigenvalue weighted by Crippen LogP contribution is -2.52. The number of benzene rings is 1. The number of piperazine rings is 1. The Morgan fingerprint density at radius 1 is 1.04 bits per heavy atom. The molecule has 0 radical (unpaired) electrons. The molecule has 1 aliphatic rings. The molecule has 0 bridgehead atoms. The van der Waals surface area contributed by atoms with Gasteiger partial charge in [0.2, 0.25) is 17.8 Å². The van der Waals surface area contributed by atoms with Crippen molar-refractivity contribution < 1.29 is 9.59 Å². The minimum Gasteiger partial charge on any atom is -0.338 e. The summed E-state index contributed by atoms with van der Waals surface area (Å²) in [4.78, 5) is 39.0. The van der Waals surface area contributed by atoms with Gasteiger partial charge in [-0.2, -0.15) is 0 Å². The van der Waals surface area contributed by atoms with Crippen LogP contribution in [0.5, 0.6) is 0 Å². The van der Waals surface area contributed by atoms with Crippen LogP contribution in [0.25, 0.3) is 0 Å². The number of hydrogen-bond acceptors (Lipinski definition) is 5. The summed E-state index contributed by atoms with van der Waals surface area (Å²) in [6, 6.07) is 7.59. The van der Waals surface area contributed by atoms with E-state index in [2.05, 4.69) is 14.9 Å². The highest BCUT2D eigenvalue weighted by Gasteiger charge is 2.25. The standard InChI is InChI=1S/C20H25N5O2/c1-15-6-4-7-18(16(15)2)25(17(3)26)14-19(27)23-10-12-24(13-11-23)20-21-8-5-9-22-20/h4-9H,10-14H2,1-3H3. The number of rotatable bonds is 4. The molecule has 1 aromatic heterocycles. The van der Waals surface area contributed by atoms with Gasteiger partial charge in [0.15, 0.2) is 0 Å². The number of amides is 2. The van der Waals surface area contributed by atoms with E-state index < -0.39 is 0 Å². The first-order chi connectivity index (χ1) is 13.0. The van der Waals surface area contributed by atoms with Crippen molar-refractivity contribution in [2.24, 2.45) is 0 Å². The van der Waals surface area contributed by atoms with Gasteiger partial charge in [-0.3, -0.25) is 9.59 Å².